The van der Waals surface area contributed by atoms with E-state index in [0.29, 0.717) is 0 Å². The fraction of sp³-hybridized carbons (Fsp3) is 0.333. The third-order valence-electron chi connectivity index (χ3n) is 3.26. The number of anilines is 3. The van der Waals surface area contributed by atoms with E-state index < -0.39 is 0 Å². The molecule has 0 amide bonds. The molecule has 19 heavy (non-hydrogen) atoms. The third kappa shape index (κ3) is 2.52. The van der Waals surface area contributed by atoms with Crippen LogP contribution in [0.1, 0.15) is 17.0 Å². The van der Waals surface area contributed by atoms with Crippen LogP contribution < -0.4 is 10.2 Å². The van der Waals surface area contributed by atoms with E-state index in [1.54, 1.807) is 0 Å². The molecule has 0 unspecified atom stereocenters. The molecule has 0 aliphatic carbocycles. The summed E-state index contributed by atoms with van der Waals surface area (Å²) < 4.78 is 0. The van der Waals surface area contributed by atoms with Gasteiger partial charge in [-0.1, -0.05) is 18.2 Å². The van der Waals surface area contributed by atoms with E-state index >= 15 is 0 Å². The summed E-state index contributed by atoms with van der Waals surface area (Å²) in [5.74, 6) is 2.58. The maximum Gasteiger partial charge on any atom is 0.141 e. The Labute approximate surface area is 114 Å². The van der Waals surface area contributed by atoms with Gasteiger partial charge in [0.25, 0.3) is 0 Å². The van der Waals surface area contributed by atoms with Crippen LogP contribution in [0, 0.1) is 20.8 Å². The zero-order chi connectivity index (χ0) is 14.0. The van der Waals surface area contributed by atoms with Gasteiger partial charge in [-0.25, -0.2) is 9.97 Å². The van der Waals surface area contributed by atoms with Gasteiger partial charge in [-0.2, -0.15) is 0 Å². The quantitative estimate of drug-likeness (QED) is 0.915. The van der Waals surface area contributed by atoms with Crippen molar-refractivity contribution in [2.45, 2.75) is 20.8 Å². The van der Waals surface area contributed by atoms with Crippen LogP contribution >= 0.6 is 0 Å². The number of aromatic nitrogens is 2. The molecule has 0 fully saturated rings. The molecule has 0 bridgehead atoms. The lowest BCUT2D eigenvalue weighted by atomic mass is 10.1. The van der Waals surface area contributed by atoms with Crippen molar-refractivity contribution in [3.8, 4) is 0 Å². The summed E-state index contributed by atoms with van der Waals surface area (Å²) in [7, 11) is 3.92. The van der Waals surface area contributed by atoms with Crippen molar-refractivity contribution in [3.63, 3.8) is 0 Å². The van der Waals surface area contributed by atoms with Gasteiger partial charge in [0.05, 0.1) is 0 Å². The maximum atomic E-state index is 4.57. The largest absolute Gasteiger partial charge is 0.373 e. The van der Waals surface area contributed by atoms with Crippen LogP contribution in [-0.4, -0.2) is 24.1 Å². The highest BCUT2D eigenvalue weighted by Gasteiger charge is 2.14. The van der Waals surface area contributed by atoms with Crippen molar-refractivity contribution in [2.75, 3.05) is 24.3 Å². The van der Waals surface area contributed by atoms with Gasteiger partial charge in [0.2, 0.25) is 0 Å². The van der Waals surface area contributed by atoms with Crippen molar-refractivity contribution in [1.82, 2.24) is 9.97 Å². The molecule has 2 aromatic rings. The molecular weight excluding hydrogens is 236 g/mol. The van der Waals surface area contributed by atoms with Gasteiger partial charge >= 0.3 is 0 Å². The fourth-order valence-electron chi connectivity index (χ4n) is 2.24. The van der Waals surface area contributed by atoms with Gasteiger partial charge in [-0.15, -0.1) is 0 Å². The Morgan fingerprint density at radius 2 is 1.74 bits per heavy atom. The predicted molar refractivity (Wildman–Crippen MR) is 80.3 cm³/mol. The number of benzene rings is 1. The molecule has 2 rings (SSSR count). The summed E-state index contributed by atoms with van der Waals surface area (Å²) >= 11 is 0. The Kier molecular flexibility index (Phi) is 3.69. The minimum atomic E-state index is 0.769. The molecule has 4 heteroatoms. The van der Waals surface area contributed by atoms with Gasteiger partial charge < -0.3 is 10.2 Å². The number of rotatable bonds is 3. The Morgan fingerprint density at radius 3 is 2.37 bits per heavy atom. The highest BCUT2D eigenvalue weighted by atomic mass is 15.2. The van der Waals surface area contributed by atoms with Gasteiger partial charge in [0, 0.05) is 25.3 Å². The van der Waals surface area contributed by atoms with Gasteiger partial charge in [-0.3, -0.25) is 0 Å². The summed E-state index contributed by atoms with van der Waals surface area (Å²) in [5.41, 5.74) is 3.44. The second-order valence-electron chi connectivity index (χ2n) is 4.66. The molecule has 1 heterocycles. The first-order chi connectivity index (χ1) is 9.04. The lowest BCUT2D eigenvalue weighted by molar-refractivity contribution is 0.990. The van der Waals surface area contributed by atoms with Crippen LogP contribution in [0.15, 0.2) is 24.3 Å². The predicted octanol–water partition coefficient (Wildman–Crippen LogP) is 3.21. The van der Waals surface area contributed by atoms with Gasteiger partial charge in [0.15, 0.2) is 0 Å². The van der Waals surface area contributed by atoms with E-state index in [0.717, 1.165) is 28.7 Å². The molecule has 0 aliphatic rings. The van der Waals surface area contributed by atoms with Crippen LogP contribution in [0.4, 0.5) is 17.3 Å². The summed E-state index contributed by atoms with van der Waals surface area (Å²) in [5, 5.41) is 3.12. The van der Waals surface area contributed by atoms with Gasteiger partial charge in [0.1, 0.15) is 17.5 Å². The monoisotopic (exact) mass is 256 g/mol. The first-order valence-corrected chi connectivity index (χ1v) is 6.37. The van der Waals surface area contributed by atoms with Crippen LogP contribution in [-0.2, 0) is 0 Å². The van der Waals surface area contributed by atoms with E-state index in [9.17, 15) is 0 Å². The molecule has 0 atom stereocenters. The summed E-state index contributed by atoms with van der Waals surface area (Å²) in [6, 6.07) is 8.30. The minimum absolute atomic E-state index is 0.769. The van der Waals surface area contributed by atoms with Crippen molar-refractivity contribution < 1.29 is 0 Å². The van der Waals surface area contributed by atoms with Crippen LogP contribution in [0.25, 0.3) is 0 Å². The number of nitrogens with one attached hydrogen (secondary N) is 1. The fourth-order valence-corrected chi connectivity index (χ4v) is 2.24. The Morgan fingerprint density at radius 1 is 1.05 bits per heavy atom. The summed E-state index contributed by atoms with van der Waals surface area (Å²) in [4.78, 5) is 11.1. The van der Waals surface area contributed by atoms with E-state index in [2.05, 4.69) is 39.2 Å². The van der Waals surface area contributed by atoms with Crippen molar-refractivity contribution in [1.29, 1.82) is 0 Å². The molecule has 0 spiro atoms. The Bertz CT molecular complexity index is 593. The van der Waals surface area contributed by atoms with Crippen molar-refractivity contribution >= 4 is 17.3 Å². The molecule has 1 N–H and O–H groups in total. The molecule has 4 nitrogen and oxygen atoms in total. The van der Waals surface area contributed by atoms with Crippen LogP contribution in [0.5, 0.6) is 0 Å². The van der Waals surface area contributed by atoms with E-state index in [1.165, 1.54) is 5.56 Å². The zero-order valence-electron chi connectivity index (χ0n) is 12.2. The number of para-hydroxylation sites is 1. The standard InChI is InChI=1S/C15H20N4/c1-10-8-6-7-9-13(10)19(5)15-11(2)14(16-4)17-12(3)18-15/h6-9H,1-5H3,(H,16,17,18). The van der Waals surface area contributed by atoms with E-state index in [-0.39, 0.29) is 0 Å². The number of hydrogen-bond acceptors (Lipinski definition) is 4. The second kappa shape index (κ2) is 5.26. The maximum absolute atomic E-state index is 4.57. The average Bonchev–Trinajstić information content (AvgIpc) is 2.40. The average molecular weight is 256 g/mol. The molecule has 0 saturated carbocycles. The highest BCUT2D eigenvalue weighted by Crippen LogP contribution is 2.29. The lowest BCUT2D eigenvalue weighted by Gasteiger charge is -2.23. The SMILES string of the molecule is CNc1nc(C)nc(N(C)c2ccccc2C)c1C. The lowest BCUT2D eigenvalue weighted by Crippen LogP contribution is -2.16. The van der Waals surface area contributed by atoms with Crippen molar-refractivity contribution in [3.05, 3.63) is 41.2 Å². The first kappa shape index (κ1) is 13.3. The second-order valence-corrected chi connectivity index (χ2v) is 4.66. The number of aryl methyl sites for hydroxylation is 2. The molecule has 1 aromatic carbocycles. The highest BCUT2D eigenvalue weighted by molar-refractivity contribution is 5.68. The third-order valence-corrected chi connectivity index (χ3v) is 3.26. The minimum Gasteiger partial charge on any atom is -0.373 e. The molecule has 0 aliphatic heterocycles. The van der Waals surface area contributed by atoms with Crippen LogP contribution in [0.3, 0.4) is 0 Å². The summed E-state index contributed by atoms with van der Waals surface area (Å²) in [6.07, 6.45) is 0. The normalized spacial score (nSPS) is 10.4. The molecule has 0 saturated heterocycles. The smallest absolute Gasteiger partial charge is 0.141 e. The molecular formula is C15H20N4. The van der Waals surface area contributed by atoms with Gasteiger partial charge in [-0.05, 0) is 32.4 Å². The molecule has 100 valence electrons. The topological polar surface area (TPSA) is 41.1 Å². The van der Waals surface area contributed by atoms with E-state index in [1.807, 2.05) is 40.1 Å². The Balaban J connectivity index is 2.53. The number of nitrogens with zero attached hydrogens (tertiary/aromatic N) is 3. The van der Waals surface area contributed by atoms with Crippen LogP contribution in [0.2, 0.25) is 0 Å². The van der Waals surface area contributed by atoms with Crippen molar-refractivity contribution in [2.24, 2.45) is 0 Å². The Hall–Kier alpha value is -2.10. The van der Waals surface area contributed by atoms with E-state index in [4.69, 9.17) is 0 Å². The molecule has 0 radical (unpaired) electrons. The zero-order valence-corrected chi connectivity index (χ0v) is 12.2. The molecule has 1 aromatic heterocycles. The summed E-state index contributed by atoms with van der Waals surface area (Å²) in [6.45, 7) is 6.05. The first-order valence-electron chi connectivity index (χ1n) is 6.37. The number of hydrogen-bond donors (Lipinski definition) is 1.